The number of carbonyl (C=O) groups is 1. The Labute approximate surface area is 105 Å². The molecule has 0 heterocycles. The molecule has 0 rings (SSSR count). The molecule has 0 aromatic heterocycles. The first-order chi connectivity index (χ1) is 8.26. The van der Waals surface area contributed by atoms with Crippen LogP contribution in [0.15, 0.2) is 0 Å². The molecule has 1 unspecified atom stereocenters. The van der Waals surface area contributed by atoms with Crippen LogP contribution in [0.4, 0.5) is 0 Å². The lowest BCUT2D eigenvalue weighted by atomic mass is 10.2. The summed E-state index contributed by atoms with van der Waals surface area (Å²) in [6.07, 6.45) is 5.52. The average Bonchev–Trinajstić information content (AvgIpc) is 2.35. The van der Waals surface area contributed by atoms with Gasteiger partial charge in [0.1, 0.15) is 6.04 Å². The minimum Gasteiger partial charge on any atom is -0.468 e. The van der Waals surface area contributed by atoms with Crippen molar-refractivity contribution in [2.24, 2.45) is 0 Å². The molecule has 102 valence electrons. The standard InChI is InChI=1S/C13H27NO3/c1-4-6-7-8-10-17-11-9-12(14-5-2)13(15)16-3/h12,14H,4-11H2,1-3H3. The van der Waals surface area contributed by atoms with Gasteiger partial charge < -0.3 is 14.8 Å². The lowest BCUT2D eigenvalue weighted by Gasteiger charge is -2.15. The molecule has 0 fully saturated rings. The van der Waals surface area contributed by atoms with E-state index in [9.17, 15) is 4.79 Å². The monoisotopic (exact) mass is 245 g/mol. The van der Waals surface area contributed by atoms with Gasteiger partial charge in [0.2, 0.25) is 0 Å². The van der Waals surface area contributed by atoms with E-state index in [4.69, 9.17) is 9.47 Å². The summed E-state index contributed by atoms with van der Waals surface area (Å²) in [6.45, 7) is 6.33. The lowest BCUT2D eigenvalue weighted by molar-refractivity contribution is -0.143. The summed E-state index contributed by atoms with van der Waals surface area (Å²) in [7, 11) is 1.41. The Morgan fingerprint density at radius 3 is 2.53 bits per heavy atom. The second-order valence-corrected chi connectivity index (χ2v) is 4.10. The second-order valence-electron chi connectivity index (χ2n) is 4.10. The fraction of sp³-hybridized carbons (Fsp3) is 0.923. The number of hydrogen-bond acceptors (Lipinski definition) is 4. The van der Waals surface area contributed by atoms with Crippen LogP contribution in [0.25, 0.3) is 0 Å². The summed E-state index contributed by atoms with van der Waals surface area (Å²) >= 11 is 0. The topological polar surface area (TPSA) is 47.6 Å². The zero-order chi connectivity index (χ0) is 12.9. The van der Waals surface area contributed by atoms with Crippen LogP contribution < -0.4 is 5.32 Å². The van der Waals surface area contributed by atoms with Crippen LogP contribution >= 0.6 is 0 Å². The van der Waals surface area contributed by atoms with Crippen LogP contribution in [0.5, 0.6) is 0 Å². The number of nitrogens with one attached hydrogen (secondary N) is 1. The van der Waals surface area contributed by atoms with E-state index in [1.54, 1.807) is 0 Å². The Morgan fingerprint density at radius 2 is 1.94 bits per heavy atom. The van der Waals surface area contributed by atoms with E-state index < -0.39 is 0 Å². The number of unbranched alkanes of at least 4 members (excludes halogenated alkanes) is 3. The number of hydrogen-bond donors (Lipinski definition) is 1. The van der Waals surface area contributed by atoms with Crippen molar-refractivity contribution in [2.75, 3.05) is 26.9 Å². The molecule has 0 amide bonds. The number of methoxy groups -OCH3 is 1. The van der Waals surface area contributed by atoms with Gasteiger partial charge in [-0.15, -0.1) is 0 Å². The van der Waals surface area contributed by atoms with Crippen molar-refractivity contribution in [3.05, 3.63) is 0 Å². The number of carbonyl (C=O) groups excluding carboxylic acids is 1. The van der Waals surface area contributed by atoms with Gasteiger partial charge in [-0.05, 0) is 19.4 Å². The number of likely N-dealkylation sites (N-methyl/N-ethyl adjacent to an activating group) is 1. The van der Waals surface area contributed by atoms with Gasteiger partial charge in [-0.2, -0.15) is 0 Å². The molecule has 0 bridgehead atoms. The first kappa shape index (κ1) is 16.4. The number of esters is 1. The molecule has 0 aromatic rings. The molecule has 4 heteroatoms. The first-order valence-corrected chi connectivity index (χ1v) is 6.65. The summed E-state index contributed by atoms with van der Waals surface area (Å²) in [5, 5.41) is 3.09. The van der Waals surface area contributed by atoms with Gasteiger partial charge in [0.25, 0.3) is 0 Å². The third kappa shape index (κ3) is 9.12. The Morgan fingerprint density at radius 1 is 1.18 bits per heavy atom. The van der Waals surface area contributed by atoms with E-state index in [0.29, 0.717) is 13.0 Å². The predicted molar refractivity (Wildman–Crippen MR) is 69.1 cm³/mol. The van der Waals surface area contributed by atoms with E-state index >= 15 is 0 Å². The highest BCUT2D eigenvalue weighted by Gasteiger charge is 2.16. The largest absolute Gasteiger partial charge is 0.468 e. The molecule has 0 spiro atoms. The molecular weight excluding hydrogens is 218 g/mol. The maximum Gasteiger partial charge on any atom is 0.322 e. The van der Waals surface area contributed by atoms with E-state index in [1.807, 2.05) is 6.92 Å². The van der Waals surface area contributed by atoms with Gasteiger partial charge in [0.15, 0.2) is 0 Å². The fourth-order valence-electron chi connectivity index (χ4n) is 1.63. The van der Waals surface area contributed by atoms with Crippen molar-refractivity contribution in [2.45, 2.75) is 52.0 Å². The summed E-state index contributed by atoms with van der Waals surface area (Å²) < 4.78 is 10.2. The predicted octanol–water partition coefficient (Wildman–Crippen LogP) is 2.12. The smallest absolute Gasteiger partial charge is 0.322 e. The molecule has 1 atom stereocenters. The summed E-state index contributed by atoms with van der Waals surface area (Å²) in [5.41, 5.74) is 0. The fourth-order valence-corrected chi connectivity index (χ4v) is 1.63. The Bertz CT molecular complexity index is 186. The van der Waals surface area contributed by atoms with E-state index in [-0.39, 0.29) is 12.0 Å². The summed E-state index contributed by atoms with van der Waals surface area (Å²) in [4.78, 5) is 11.4. The molecule has 4 nitrogen and oxygen atoms in total. The van der Waals surface area contributed by atoms with Crippen molar-refractivity contribution in [1.82, 2.24) is 5.32 Å². The third-order valence-electron chi connectivity index (χ3n) is 2.63. The molecule has 0 aliphatic heterocycles. The molecule has 0 aliphatic carbocycles. The van der Waals surface area contributed by atoms with Crippen molar-refractivity contribution in [1.29, 1.82) is 0 Å². The first-order valence-electron chi connectivity index (χ1n) is 6.65. The summed E-state index contributed by atoms with van der Waals surface area (Å²) in [6, 6.07) is -0.236. The van der Waals surface area contributed by atoms with E-state index in [0.717, 1.165) is 19.6 Å². The van der Waals surface area contributed by atoms with Crippen LogP contribution in [0, 0.1) is 0 Å². The normalized spacial score (nSPS) is 12.4. The maximum absolute atomic E-state index is 11.4. The quantitative estimate of drug-likeness (QED) is 0.447. The highest BCUT2D eigenvalue weighted by Crippen LogP contribution is 2.00. The van der Waals surface area contributed by atoms with Gasteiger partial charge in [0.05, 0.1) is 7.11 Å². The van der Waals surface area contributed by atoms with Crippen molar-refractivity contribution in [3.63, 3.8) is 0 Å². The molecular formula is C13H27NO3. The van der Waals surface area contributed by atoms with Crippen LogP contribution in [0.3, 0.4) is 0 Å². The van der Waals surface area contributed by atoms with Gasteiger partial charge >= 0.3 is 5.97 Å². The van der Waals surface area contributed by atoms with Crippen LogP contribution in [-0.4, -0.2) is 38.9 Å². The number of ether oxygens (including phenoxy) is 2. The van der Waals surface area contributed by atoms with Crippen LogP contribution in [-0.2, 0) is 14.3 Å². The zero-order valence-corrected chi connectivity index (χ0v) is 11.5. The van der Waals surface area contributed by atoms with Crippen LogP contribution in [0.1, 0.15) is 46.0 Å². The number of rotatable bonds is 11. The average molecular weight is 245 g/mol. The second kappa shape index (κ2) is 11.9. The lowest BCUT2D eigenvalue weighted by Crippen LogP contribution is -2.38. The van der Waals surface area contributed by atoms with Gasteiger partial charge in [-0.25, -0.2) is 0 Å². The maximum atomic E-state index is 11.4. The molecule has 0 aromatic carbocycles. The van der Waals surface area contributed by atoms with E-state index in [1.165, 1.54) is 26.4 Å². The molecule has 1 N–H and O–H groups in total. The van der Waals surface area contributed by atoms with E-state index in [2.05, 4.69) is 12.2 Å². The zero-order valence-electron chi connectivity index (χ0n) is 11.5. The minimum absolute atomic E-state index is 0.207. The minimum atomic E-state index is -0.236. The van der Waals surface area contributed by atoms with Gasteiger partial charge in [0, 0.05) is 13.2 Å². The van der Waals surface area contributed by atoms with Crippen molar-refractivity contribution >= 4 is 5.97 Å². The SMILES string of the molecule is CCCCCCOCCC(NCC)C(=O)OC. The third-order valence-corrected chi connectivity index (χ3v) is 2.63. The highest BCUT2D eigenvalue weighted by molar-refractivity contribution is 5.75. The molecule has 17 heavy (non-hydrogen) atoms. The Hall–Kier alpha value is -0.610. The van der Waals surface area contributed by atoms with Gasteiger partial charge in [-0.1, -0.05) is 33.1 Å². The summed E-state index contributed by atoms with van der Waals surface area (Å²) in [5.74, 6) is -0.207. The Kier molecular flexibility index (Phi) is 11.4. The van der Waals surface area contributed by atoms with Gasteiger partial charge in [-0.3, -0.25) is 4.79 Å². The molecule has 0 saturated carbocycles. The van der Waals surface area contributed by atoms with Crippen molar-refractivity contribution in [3.8, 4) is 0 Å². The Balaban J connectivity index is 3.51. The molecule has 0 radical (unpaired) electrons. The van der Waals surface area contributed by atoms with Crippen molar-refractivity contribution < 1.29 is 14.3 Å². The highest BCUT2D eigenvalue weighted by atomic mass is 16.5. The molecule has 0 saturated heterocycles. The molecule has 0 aliphatic rings. The van der Waals surface area contributed by atoms with Crippen LogP contribution in [0.2, 0.25) is 0 Å².